The summed E-state index contributed by atoms with van der Waals surface area (Å²) in [5, 5.41) is 20.5. The number of H-pyrrole nitrogens is 1. The van der Waals surface area contributed by atoms with Crippen molar-refractivity contribution in [1.29, 1.82) is 5.26 Å². The molecule has 2 heterocycles. The summed E-state index contributed by atoms with van der Waals surface area (Å²) in [5.41, 5.74) is -0.0488. The summed E-state index contributed by atoms with van der Waals surface area (Å²) in [4.78, 5) is 8.04. The van der Waals surface area contributed by atoms with Crippen molar-refractivity contribution in [2.24, 2.45) is 0 Å². The maximum Gasteiger partial charge on any atom is 0.240 e. The number of hydrogen-bond acceptors (Lipinski definition) is 5. The van der Waals surface area contributed by atoms with Crippen LogP contribution in [0.3, 0.4) is 0 Å². The summed E-state index contributed by atoms with van der Waals surface area (Å²) in [6, 6.07) is 6.13. The number of aromatic nitrogens is 6. The van der Waals surface area contributed by atoms with E-state index in [9.17, 15) is 4.39 Å². The lowest BCUT2D eigenvalue weighted by atomic mass is 10.2. The molecule has 0 atom stereocenters. The topological polar surface area (TPSA) is 96.1 Å². The predicted molar refractivity (Wildman–Crippen MR) is 76.8 cm³/mol. The van der Waals surface area contributed by atoms with Gasteiger partial charge in [-0.05, 0) is 49.2 Å². The molecule has 1 N–H and O–H groups in total. The van der Waals surface area contributed by atoms with Gasteiger partial charge in [-0.3, -0.25) is 0 Å². The highest BCUT2D eigenvalue weighted by Crippen LogP contribution is 2.23. The zero-order valence-electron chi connectivity index (χ0n) is 10.0. The smallest absolute Gasteiger partial charge is 0.240 e. The molecule has 7 nitrogen and oxygen atoms in total. The van der Waals surface area contributed by atoms with Crippen LogP contribution in [0.5, 0.6) is 0 Å². The molecule has 0 aliphatic heterocycles. The van der Waals surface area contributed by atoms with Gasteiger partial charge >= 0.3 is 0 Å². The quantitative estimate of drug-likeness (QED) is 0.697. The summed E-state index contributed by atoms with van der Waals surface area (Å²) in [6.45, 7) is 0. The predicted octanol–water partition coefficient (Wildman–Crippen LogP) is 2.59. The fraction of sp³-hybridized carbons (Fsp3) is 0. The Kier molecular flexibility index (Phi) is 3.52. The van der Waals surface area contributed by atoms with Crippen molar-refractivity contribution in [3.05, 3.63) is 38.8 Å². The first-order valence-electron chi connectivity index (χ1n) is 5.50. The second kappa shape index (κ2) is 5.34. The molecule has 0 saturated carbocycles. The molecular weight excluding hydrogens is 409 g/mol. The summed E-state index contributed by atoms with van der Waals surface area (Å²) in [7, 11) is 0. The minimum Gasteiger partial charge on any atom is -0.329 e. The van der Waals surface area contributed by atoms with Gasteiger partial charge < -0.3 is 4.98 Å². The third-order valence-electron chi connectivity index (χ3n) is 2.56. The molecule has 0 fully saturated rings. The van der Waals surface area contributed by atoms with Crippen molar-refractivity contribution in [3.63, 3.8) is 0 Å². The Morgan fingerprint density at radius 3 is 2.81 bits per heavy atom. The van der Waals surface area contributed by atoms with Crippen LogP contribution in [0.2, 0.25) is 0 Å². The van der Waals surface area contributed by atoms with E-state index >= 15 is 0 Å². The fourth-order valence-corrected chi connectivity index (χ4v) is 2.16. The van der Waals surface area contributed by atoms with Crippen molar-refractivity contribution < 1.29 is 4.39 Å². The lowest BCUT2D eigenvalue weighted by Gasteiger charge is -2.00. The number of benzene rings is 1. The van der Waals surface area contributed by atoms with Gasteiger partial charge in [0.05, 0.1) is 5.56 Å². The van der Waals surface area contributed by atoms with E-state index in [4.69, 9.17) is 5.26 Å². The van der Waals surface area contributed by atoms with Crippen LogP contribution in [0.25, 0.3) is 17.3 Å². The third kappa shape index (κ3) is 2.45. The van der Waals surface area contributed by atoms with Crippen molar-refractivity contribution in [3.8, 4) is 23.4 Å². The van der Waals surface area contributed by atoms with Gasteiger partial charge in [-0.2, -0.15) is 5.26 Å². The highest BCUT2D eigenvalue weighted by molar-refractivity contribution is 9.13. The first kappa shape index (κ1) is 13.8. The number of nitriles is 1. The molecule has 1 aromatic carbocycles. The summed E-state index contributed by atoms with van der Waals surface area (Å²) in [6.07, 6.45) is 0. The van der Waals surface area contributed by atoms with Crippen LogP contribution in [0, 0.1) is 17.1 Å². The van der Waals surface area contributed by atoms with Crippen molar-refractivity contribution in [2.45, 2.75) is 0 Å². The van der Waals surface area contributed by atoms with E-state index in [1.807, 2.05) is 0 Å². The van der Waals surface area contributed by atoms with Gasteiger partial charge in [0, 0.05) is 0 Å². The first-order chi connectivity index (χ1) is 10.1. The van der Waals surface area contributed by atoms with Crippen LogP contribution in [0.15, 0.2) is 27.4 Å². The van der Waals surface area contributed by atoms with E-state index in [1.165, 1.54) is 12.1 Å². The summed E-state index contributed by atoms with van der Waals surface area (Å²) >= 11 is 6.48. The zero-order valence-corrected chi connectivity index (χ0v) is 13.2. The molecule has 0 radical (unpaired) electrons. The van der Waals surface area contributed by atoms with Crippen LogP contribution in [0.4, 0.5) is 4.39 Å². The maximum absolute atomic E-state index is 14.0. The average molecular weight is 413 g/mol. The van der Waals surface area contributed by atoms with Gasteiger partial charge in [-0.25, -0.2) is 9.37 Å². The van der Waals surface area contributed by atoms with Crippen LogP contribution in [-0.2, 0) is 0 Å². The van der Waals surface area contributed by atoms with E-state index in [-0.39, 0.29) is 17.1 Å². The van der Waals surface area contributed by atoms with Gasteiger partial charge in [0.1, 0.15) is 21.0 Å². The second-order valence-electron chi connectivity index (χ2n) is 3.84. The first-order valence-corrected chi connectivity index (χ1v) is 7.09. The van der Waals surface area contributed by atoms with E-state index in [1.54, 1.807) is 12.1 Å². The van der Waals surface area contributed by atoms with E-state index in [0.717, 1.165) is 4.80 Å². The Hall–Kier alpha value is -2.12. The SMILES string of the molecule is N#Cc1cccc(-n2nnc(-c3nc(Br)c(Br)[nH]3)n2)c1F. The number of rotatable bonds is 2. The Morgan fingerprint density at radius 2 is 2.14 bits per heavy atom. The van der Waals surface area contributed by atoms with Crippen molar-refractivity contribution >= 4 is 31.9 Å². The maximum atomic E-state index is 14.0. The van der Waals surface area contributed by atoms with Crippen molar-refractivity contribution in [2.75, 3.05) is 0 Å². The van der Waals surface area contributed by atoms with Crippen LogP contribution < -0.4 is 0 Å². The van der Waals surface area contributed by atoms with Gasteiger partial charge in [-0.15, -0.1) is 15.0 Å². The molecular formula is C11H4Br2FN7. The summed E-state index contributed by atoms with van der Waals surface area (Å²) < 4.78 is 15.2. The molecule has 0 amide bonds. The molecule has 0 aliphatic carbocycles. The lowest BCUT2D eigenvalue weighted by molar-refractivity contribution is 0.588. The minimum absolute atomic E-state index is 0.0393. The number of halogens is 3. The van der Waals surface area contributed by atoms with E-state index in [0.29, 0.717) is 15.0 Å². The molecule has 10 heteroatoms. The Bertz CT molecular complexity index is 844. The second-order valence-corrected chi connectivity index (χ2v) is 5.39. The van der Waals surface area contributed by atoms with Crippen molar-refractivity contribution in [1.82, 2.24) is 30.2 Å². The van der Waals surface area contributed by atoms with E-state index < -0.39 is 5.82 Å². The molecule has 0 bridgehead atoms. The Morgan fingerprint density at radius 1 is 1.33 bits per heavy atom. The number of hydrogen-bond donors (Lipinski definition) is 1. The lowest BCUT2D eigenvalue weighted by Crippen LogP contribution is -2.03. The molecule has 0 aliphatic rings. The molecule has 0 saturated heterocycles. The zero-order chi connectivity index (χ0) is 15.0. The van der Waals surface area contributed by atoms with Crippen LogP contribution in [-0.4, -0.2) is 30.2 Å². The van der Waals surface area contributed by atoms with Gasteiger partial charge in [0.2, 0.25) is 5.82 Å². The van der Waals surface area contributed by atoms with Gasteiger partial charge in [0.25, 0.3) is 0 Å². The fourth-order valence-electron chi connectivity index (χ4n) is 1.61. The third-order valence-corrected chi connectivity index (χ3v) is 4.24. The molecule has 0 spiro atoms. The monoisotopic (exact) mass is 411 g/mol. The highest BCUT2D eigenvalue weighted by atomic mass is 79.9. The van der Waals surface area contributed by atoms with Gasteiger partial charge in [0.15, 0.2) is 11.6 Å². The molecule has 104 valence electrons. The minimum atomic E-state index is -0.703. The van der Waals surface area contributed by atoms with E-state index in [2.05, 4.69) is 57.2 Å². The molecule has 2 aromatic heterocycles. The summed E-state index contributed by atoms with van der Waals surface area (Å²) in [5.74, 6) is -0.134. The highest BCUT2D eigenvalue weighted by Gasteiger charge is 2.16. The molecule has 3 rings (SSSR count). The number of aromatic amines is 1. The molecule has 21 heavy (non-hydrogen) atoms. The molecule has 0 unspecified atom stereocenters. The standard InChI is InChI=1S/C11H4Br2FN7/c12-8-9(13)17-10(16-8)11-18-20-21(19-11)6-3-1-2-5(4-15)7(6)14/h1-3H,(H,16,17). The number of nitrogens with zero attached hydrogens (tertiary/aromatic N) is 6. The molecule has 3 aromatic rings. The normalized spacial score (nSPS) is 10.6. The van der Waals surface area contributed by atoms with Crippen LogP contribution >= 0.6 is 31.9 Å². The average Bonchev–Trinajstić information content (AvgIpc) is 3.07. The Labute approximate surface area is 134 Å². The number of tetrazole rings is 1. The number of nitrogens with one attached hydrogen (secondary N) is 1. The number of imidazole rings is 1. The van der Waals surface area contributed by atoms with Gasteiger partial charge in [-0.1, -0.05) is 6.07 Å². The Balaban J connectivity index is 2.05. The van der Waals surface area contributed by atoms with Crippen LogP contribution in [0.1, 0.15) is 5.56 Å². The largest absolute Gasteiger partial charge is 0.329 e.